The molecule has 0 saturated heterocycles. The lowest BCUT2D eigenvalue weighted by molar-refractivity contribution is 0.623. The first-order valence-corrected chi connectivity index (χ1v) is 6.68. The van der Waals surface area contributed by atoms with Gasteiger partial charge >= 0.3 is 0 Å². The average molecular weight is 272 g/mol. The van der Waals surface area contributed by atoms with Crippen LogP contribution < -0.4 is 16.9 Å². The standard InChI is InChI=1S/C14H20N6/c1-2-4-8-7-11-9(12(8)19-20-14(17)18)5-3-6-10(11)13(15)16/h3,5-6,8H,2,4,7H2,1H3,(H3,15,16)(H4,17,18,20). The van der Waals surface area contributed by atoms with Crippen molar-refractivity contribution in [2.45, 2.75) is 26.2 Å². The molecule has 7 N–H and O–H groups in total. The van der Waals surface area contributed by atoms with E-state index in [0.717, 1.165) is 41.7 Å². The summed E-state index contributed by atoms with van der Waals surface area (Å²) in [5.41, 5.74) is 17.2. The third-order valence-corrected chi connectivity index (χ3v) is 3.51. The minimum Gasteiger partial charge on any atom is -0.384 e. The van der Waals surface area contributed by atoms with Gasteiger partial charge in [0.15, 0.2) is 0 Å². The van der Waals surface area contributed by atoms with E-state index < -0.39 is 0 Å². The fraction of sp³-hybridized carbons (Fsp3) is 0.357. The van der Waals surface area contributed by atoms with Crippen LogP contribution >= 0.6 is 0 Å². The Kier molecular flexibility index (Phi) is 4.02. The number of nitrogens with zero attached hydrogens (tertiary/aromatic N) is 1. The van der Waals surface area contributed by atoms with Crippen molar-refractivity contribution in [1.29, 1.82) is 10.8 Å². The van der Waals surface area contributed by atoms with Crippen LogP contribution in [0.4, 0.5) is 0 Å². The molecule has 1 unspecified atom stereocenters. The number of nitrogens with two attached hydrogens (primary N) is 2. The molecule has 1 aliphatic rings. The fourth-order valence-electron chi connectivity index (χ4n) is 2.72. The highest BCUT2D eigenvalue weighted by molar-refractivity contribution is 6.10. The lowest BCUT2D eigenvalue weighted by Crippen LogP contribution is -2.28. The maximum Gasteiger partial charge on any atom is 0.206 e. The number of guanidine groups is 1. The Morgan fingerprint density at radius 2 is 2.15 bits per heavy atom. The summed E-state index contributed by atoms with van der Waals surface area (Å²) in [4.78, 5) is 0. The van der Waals surface area contributed by atoms with Crippen molar-refractivity contribution < 1.29 is 0 Å². The third kappa shape index (κ3) is 2.64. The first-order chi connectivity index (χ1) is 9.54. The molecular formula is C14H20N6. The van der Waals surface area contributed by atoms with Crippen molar-refractivity contribution in [3.63, 3.8) is 0 Å². The van der Waals surface area contributed by atoms with Crippen molar-refractivity contribution in [2.75, 3.05) is 0 Å². The Bertz CT molecular complexity index is 575. The van der Waals surface area contributed by atoms with Crippen LogP contribution in [-0.2, 0) is 6.42 Å². The molecule has 1 aliphatic carbocycles. The Morgan fingerprint density at radius 1 is 1.40 bits per heavy atom. The molecular weight excluding hydrogens is 252 g/mol. The van der Waals surface area contributed by atoms with E-state index in [9.17, 15) is 0 Å². The Balaban J connectivity index is 2.45. The summed E-state index contributed by atoms with van der Waals surface area (Å²) in [5, 5.41) is 19.2. The molecule has 0 amide bonds. The highest BCUT2D eigenvalue weighted by Gasteiger charge is 2.30. The first kappa shape index (κ1) is 14.0. The number of hydrazone groups is 1. The second-order valence-corrected chi connectivity index (χ2v) is 4.96. The summed E-state index contributed by atoms with van der Waals surface area (Å²) >= 11 is 0. The molecule has 6 heteroatoms. The zero-order valence-corrected chi connectivity index (χ0v) is 11.5. The molecule has 106 valence electrons. The lowest BCUT2D eigenvalue weighted by Gasteiger charge is -2.09. The van der Waals surface area contributed by atoms with E-state index in [2.05, 4.69) is 17.5 Å². The largest absolute Gasteiger partial charge is 0.384 e. The van der Waals surface area contributed by atoms with Gasteiger partial charge in [-0.25, -0.2) is 5.43 Å². The lowest BCUT2D eigenvalue weighted by atomic mass is 9.98. The van der Waals surface area contributed by atoms with Gasteiger partial charge in [-0.2, -0.15) is 5.10 Å². The number of amidine groups is 1. The van der Waals surface area contributed by atoms with Gasteiger partial charge in [-0.3, -0.25) is 10.8 Å². The molecule has 1 aromatic carbocycles. The van der Waals surface area contributed by atoms with E-state index in [1.165, 1.54) is 0 Å². The molecule has 0 heterocycles. The molecule has 1 atom stereocenters. The molecule has 0 bridgehead atoms. The molecule has 0 fully saturated rings. The molecule has 0 radical (unpaired) electrons. The van der Waals surface area contributed by atoms with E-state index >= 15 is 0 Å². The van der Waals surface area contributed by atoms with Gasteiger partial charge in [-0.1, -0.05) is 31.5 Å². The summed E-state index contributed by atoms with van der Waals surface area (Å²) in [6.45, 7) is 2.13. The number of fused-ring (bicyclic) bond motifs is 1. The Hall–Kier alpha value is -2.37. The van der Waals surface area contributed by atoms with Gasteiger partial charge in [0.25, 0.3) is 0 Å². The SMILES string of the molecule is CCCC1Cc2c(C(=N)N)cccc2C1=NNC(=N)N. The zero-order chi connectivity index (χ0) is 14.7. The van der Waals surface area contributed by atoms with E-state index in [0.29, 0.717) is 0 Å². The van der Waals surface area contributed by atoms with Gasteiger partial charge in [-0.05, 0) is 18.4 Å². The molecule has 6 nitrogen and oxygen atoms in total. The number of nitrogens with one attached hydrogen (secondary N) is 3. The van der Waals surface area contributed by atoms with Gasteiger partial charge in [0, 0.05) is 17.0 Å². The maximum absolute atomic E-state index is 7.68. The van der Waals surface area contributed by atoms with E-state index in [1.807, 2.05) is 18.2 Å². The zero-order valence-electron chi connectivity index (χ0n) is 11.5. The quantitative estimate of drug-likeness (QED) is 0.320. The maximum atomic E-state index is 7.68. The number of nitrogen functional groups attached to an aromatic ring is 1. The van der Waals surface area contributed by atoms with Crippen LogP contribution in [0.3, 0.4) is 0 Å². The van der Waals surface area contributed by atoms with Crippen molar-refractivity contribution >= 4 is 17.5 Å². The molecule has 0 aliphatic heterocycles. The van der Waals surface area contributed by atoms with Crippen LogP contribution in [0, 0.1) is 16.7 Å². The van der Waals surface area contributed by atoms with Crippen LogP contribution in [0.15, 0.2) is 23.3 Å². The molecule has 20 heavy (non-hydrogen) atoms. The summed E-state index contributed by atoms with van der Waals surface area (Å²) in [5.74, 6) is 0.184. The summed E-state index contributed by atoms with van der Waals surface area (Å²) in [6, 6.07) is 5.73. The second kappa shape index (κ2) is 5.73. The van der Waals surface area contributed by atoms with Gasteiger partial charge in [-0.15, -0.1) is 0 Å². The van der Waals surface area contributed by atoms with Crippen molar-refractivity contribution in [2.24, 2.45) is 22.5 Å². The average Bonchev–Trinajstić information content (AvgIpc) is 2.73. The van der Waals surface area contributed by atoms with Gasteiger partial charge in [0.05, 0.1) is 5.71 Å². The third-order valence-electron chi connectivity index (χ3n) is 3.51. The van der Waals surface area contributed by atoms with Crippen molar-refractivity contribution in [1.82, 2.24) is 5.43 Å². The first-order valence-electron chi connectivity index (χ1n) is 6.68. The number of hydrogen-bond acceptors (Lipinski definition) is 3. The number of rotatable bonds is 4. The second-order valence-electron chi connectivity index (χ2n) is 4.96. The minimum atomic E-state index is -0.177. The highest BCUT2D eigenvalue weighted by Crippen LogP contribution is 2.32. The summed E-state index contributed by atoms with van der Waals surface area (Å²) in [6.07, 6.45) is 2.88. The minimum absolute atomic E-state index is 0.0814. The van der Waals surface area contributed by atoms with Gasteiger partial charge < -0.3 is 11.5 Å². The van der Waals surface area contributed by atoms with Crippen LogP contribution in [0.5, 0.6) is 0 Å². The smallest absolute Gasteiger partial charge is 0.206 e. The van der Waals surface area contributed by atoms with Gasteiger partial charge in [0.1, 0.15) is 5.84 Å². The highest BCUT2D eigenvalue weighted by atomic mass is 15.3. The van der Waals surface area contributed by atoms with E-state index in [1.54, 1.807) is 0 Å². The van der Waals surface area contributed by atoms with E-state index in [4.69, 9.17) is 22.3 Å². The van der Waals surface area contributed by atoms with Crippen molar-refractivity contribution in [3.05, 3.63) is 34.9 Å². The predicted octanol–water partition coefficient (Wildman–Crippen LogP) is 1.13. The normalized spacial score (nSPS) is 18.9. The molecule has 0 aromatic heterocycles. The molecule has 0 spiro atoms. The molecule has 0 saturated carbocycles. The number of hydrogen-bond donors (Lipinski definition) is 5. The Morgan fingerprint density at radius 3 is 2.75 bits per heavy atom. The van der Waals surface area contributed by atoms with Crippen LogP contribution in [0.1, 0.15) is 36.5 Å². The van der Waals surface area contributed by atoms with Crippen LogP contribution in [0.2, 0.25) is 0 Å². The molecule has 1 aromatic rings. The topological polar surface area (TPSA) is 124 Å². The number of benzene rings is 1. The van der Waals surface area contributed by atoms with E-state index in [-0.39, 0.29) is 17.7 Å². The van der Waals surface area contributed by atoms with Crippen molar-refractivity contribution in [3.8, 4) is 0 Å². The fourth-order valence-corrected chi connectivity index (χ4v) is 2.72. The molecule has 2 rings (SSSR count). The predicted molar refractivity (Wildman–Crippen MR) is 81.1 cm³/mol. The summed E-state index contributed by atoms with van der Waals surface area (Å²) in [7, 11) is 0. The van der Waals surface area contributed by atoms with Gasteiger partial charge in [0.2, 0.25) is 5.96 Å². The Labute approximate surface area is 118 Å². The van der Waals surface area contributed by atoms with Crippen LogP contribution in [-0.4, -0.2) is 17.5 Å². The monoisotopic (exact) mass is 272 g/mol. The summed E-state index contributed by atoms with van der Waals surface area (Å²) < 4.78 is 0. The van der Waals surface area contributed by atoms with Crippen LogP contribution in [0.25, 0.3) is 0 Å².